The monoisotopic (exact) mass is 352 g/mol. The van der Waals surface area contributed by atoms with Gasteiger partial charge in [0.15, 0.2) is 0 Å². The van der Waals surface area contributed by atoms with E-state index in [0.717, 1.165) is 10.2 Å². The van der Waals surface area contributed by atoms with E-state index in [1.54, 1.807) is 12.4 Å². The lowest BCUT2D eigenvalue weighted by Gasteiger charge is -2.10. The Balaban J connectivity index is 2.13. The van der Waals surface area contributed by atoms with E-state index in [2.05, 4.69) is 36.1 Å². The summed E-state index contributed by atoms with van der Waals surface area (Å²) in [5.74, 6) is -0.533. The first-order valence-electron chi connectivity index (χ1n) is 6.07. The molecule has 7 nitrogen and oxygen atoms in total. The number of carbonyl (C=O) groups excluding carboxylic acids is 1. The first kappa shape index (κ1) is 15.2. The molecule has 1 N–H and O–H groups in total. The molecule has 0 atom stereocenters. The van der Waals surface area contributed by atoms with Crippen molar-refractivity contribution in [2.75, 3.05) is 12.4 Å². The Kier molecular flexibility index (Phi) is 5.04. The average Bonchev–Trinajstić information content (AvgIpc) is 2.52. The molecular formula is C13H13BrN4O3. The van der Waals surface area contributed by atoms with Crippen molar-refractivity contribution in [3.05, 3.63) is 51.1 Å². The van der Waals surface area contributed by atoms with Crippen LogP contribution in [0.5, 0.6) is 0 Å². The zero-order valence-corrected chi connectivity index (χ0v) is 12.8. The second-order valence-electron chi connectivity index (χ2n) is 4.12. The van der Waals surface area contributed by atoms with Crippen LogP contribution in [0.2, 0.25) is 0 Å². The van der Waals surface area contributed by atoms with Crippen LogP contribution in [0, 0.1) is 0 Å². The Morgan fingerprint density at radius 3 is 2.81 bits per heavy atom. The van der Waals surface area contributed by atoms with E-state index in [1.807, 2.05) is 12.1 Å². The molecule has 2 heterocycles. The van der Waals surface area contributed by atoms with Crippen molar-refractivity contribution in [2.24, 2.45) is 0 Å². The Hall–Kier alpha value is -2.22. The summed E-state index contributed by atoms with van der Waals surface area (Å²) in [5, 5.41) is 7.04. The van der Waals surface area contributed by atoms with Gasteiger partial charge < -0.3 is 10.1 Å². The van der Waals surface area contributed by atoms with Crippen LogP contribution in [0.15, 0.2) is 40.0 Å². The van der Waals surface area contributed by atoms with Gasteiger partial charge in [-0.25, -0.2) is 4.68 Å². The summed E-state index contributed by atoms with van der Waals surface area (Å²) in [4.78, 5) is 27.2. The number of ether oxygens (including phenoxy) is 1. The van der Waals surface area contributed by atoms with E-state index in [1.165, 1.54) is 13.3 Å². The molecule has 0 unspecified atom stereocenters. The third kappa shape index (κ3) is 3.88. The van der Waals surface area contributed by atoms with Gasteiger partial charge in [-0.2, -0.15) is 5.10 Å². The van der Waals surface area contributed by atoms with Gasteiger partial charge in [-0.3, -0.25) is 14.6 Å². The number of nitrogens with zero attached hydrogens (tertiary/aromatic N) is 3. The second kappa shape index (κ2) is 6.98. The number of halogens is 1. The van der Waals surface area contributed by atoms with Gasteiger partial charge in [0.25, 0.3) is 5.56 Å². The molecule has 2 rings (SSSR count). The number of pyridine rings is 1. The van der Waals surface area contributed by atoms with Crippen LogP contribution in [-0.2, 0) is 22.6 Å². The van der Waals surface area contributed by atoms with Gasteiger partial charge in [-0.1, -0.05) is 0 Å². The van der Waals surface area contributed by atoms with Crippen molar-refractivity contribution in [3.63, 3.8) is 0 Å². The topological polar surface area (TPSA) is 86.1 Å². The molecule has 0 aromatic carbocycles. The van der Waals surface area contributed by atoms with E-state index in [9.17, 15) is 9.59 Å². The summed E-state index contributed by atoms with van der Waals surface area (Å²) < 4.78 is 5.86. The number of hydrogen-bond acceptors (Lipinski definition) is 6. The van der Waals surface area contributed by atoms with E-state index in [4.69, 9.17) is 0 Å². The first-order chi connectivity index (χ1) is 10.1. The highest BCUT2D eigenvalue weighted by atomic mass is 79.9. The molecule has 8 heteroatoms. The molecule has 0 spiro atoms. The number of methoxy groups -OCH3 is 1. The van der Waals surface area contributed by atoms with E-state index >= 15 is 0 Å². The van der Waals surface area contributed by atoms with Crippen molar-refractivity contribution in [1.29, 1.82) is 0 Å². The van der Waals surface area contributed by atoms with Crippen LogP contribution in [-0.4, -0.2) is 27.8 Å². The van der Waals surface area contributed by atoms with Gasteiger partial charge in [0.05, 0.1) is 19.0 Å². The maximum Gasteiger partial charge on any atom is 0.327 e. The Morgan fingerprint density at radius 2 is 2.14 bits per heavy atom. The first-order valence-corrected chi connectivity index (χ1v) is 6.86. The highest BCUT2D eigenvalue weighted by Gasteiger charge is 2.11. The minimum atomic E-state index is -0.533. The largest absolute Gasteiger partial charge is 0.468 e. The van der Waals surface area contributed by atoms with E-state index in [0.29, 0.717) is 16.7 Å². The van der Waals surface area contributed by atoms with Gasteiger partial charge in [0.2, 0.25) is 0 Å². The molecule has 0 bridgehead atoms. The molecule has 0 saturated heterocycles. The highest BCUT2D eigenvalue weighted by molar-refractivity contribution is 9.10. The highest BCUT2D eigenvalue weighted by Crippen LogP contribution is 2.17. The van der Waals surface area contributed by atoms with Gasteiger partial charge in [0.1, 0.15) is 11.0 Å². The number of anilines is 1. The van der Waals surface area contributed by atoms with Gasteiger partial charge >= 0.3 is 5.97 Å². The summed E-state index contributed by atoms with van der Waals surface area (Å²) in [6.07, 6.45) is 4.87. The van der Waals surface area contributed by atoms with Crippen molar-refractivity contribution < 1.29 is 9.53 Å². The third-order valence-corrected chi connectivity index (χ3v) is 3.49. The molecule has 0 saturated carbocycles. The van der Waals surface area contributed by atoms with Crippen molar-refractivity contribution >= 4 is 27.6 Å². The SMILES string of the molecule is COC(=O)Cn1ncc(NCc2ccncc2)c(Br)c1=O. The predicted octanol–water partition coefficient (Wildman–Crippen LogP) is 1.19. The summed E-state index contributed by atoms with van der Waals surface area (Å²) in [6.45, 7) is 0.307. The Labute approximate surface area is 129 Å². The number of nitrogens with one attached hydrogen (secondary N) is 1. The van der Waals surface area contributed by atoms with Crippen LogP contribution in [0.1, 0.15) is 5.56 Å². The predicted molar refractivity (Wildman–Crippen MR) is 79.8 cm³/mol. The molecule has 0 radical (unpaired) electrons. The lowest BCUT2D eigenvalue weighted by atomic mass is 10.2. The standard InChI is InChI=1S/C13H13BrN4O3/c1-21-11(19)8-18-13(20)12(14)10(7-17-18)16-6-9-2-4-15-5-3-9/h2-5,7,16H,6,8H2,1H3. The van der Waals surface area contributed by atoms with Crippen LogP contribution in [0.4, 0.5) is 5.69 Å². The molecular weight excluding hydrogens is 340 g/mol. The minimum Gasteiger partial charge on any atom is -0.468 e. The summed E-state index contributed by atoms with van der Waals surface area (Å²) in [6, 6.07) is 3.74. The summed E-state index contributed by atoms with van der Waals surface area (Å²) in [7, 11) is 1.26. The fourth-order valence-corrected chi connectivity index (χ4v) is 2.03. The molecule has 21 heavy (non-hydrogen) atoms. The fourth-order valence-electron chi connectivity index (χ4n) is 1.59. The van der Waals surface area contributed by atoms with E-state index in [-0.39, 0.29) is 6.54 Å². The van der Waals surface area contributed by atoms with Crippen LogP contribution in [0.25, 0.3) is 0 Å². The molecule has 0 fully saturated rings. The maximum absolute atomic E-state index is 12.0. The Morgan fingerprint density at radius 1 is 1.43 bits per heavy atom. The van der Waals surface area contributed by atoms with E-state index < -0.39 is 11.5 Å². The van der Waals surface area contributed by atoms with Crippen molar-refractivity contribution in [2.45, 2.75) is 13.1 Å². The number of carbonyl (C=O) groups is 1. The second-order valence-corrected chi connectivity index (χ2v) is 4.91. The molecule has 0 amide bonds. The smallest absolute Gasteiger partial charge is 0.327 e. The molecule has 110 valence electrons. The third-order valence-electron chi connectivity index (χ3n) is 2.72. The van der Waals surface area contributed by atoms with Crippen molar-refractivity contribution in [1.82, 2.24) is 14.8 Å². The summed E-state index contributed by atoms with van der Waals surface area (Å²) >= 11 is 3.22. The van der Waals surface area contributed by atoms with Gasteiger partial charge in [0, 0.05) is 18.9 Å². The Bertz CT molecular complexity index is 688. The zero-order valence-electron chi connectivity index (χ0n) is 11.2. The number of rotatable bonds is 5. The zero-order chi connectivity index (χ0) is 15.2. The van der Waals surface area contributed by atoms with Gasteiger partial charge in [-0.05, 0) is 33.6 Å². The maximum atomic E-state index is 12.0. The van der Waals surface area contributed by atoms with Crippen LogP contribution < -0.4 is 10.9 Å². The molecule has 0 aliphatic rings. The number of hydrogen-bond donors (Lipinski definition) is 1. The average molecular weight is 353 g/mol. The lowest BCUT2D eigenvalue weighted by molar-refractivity contribution is -0.141. The molecule has 2 aromatic rings. The number of esters is 1. The summed E-state index contributed by atoms with van der Waals surface area (Å²) in [5.41, 5.74) is 1.17. The molecule has 0 aliphatic heterocycles. The quantitative estimate of drug-likeness (QED) is 0.813. The normalized spacial score (nSPS) is 10.2. The molecule has 2 aromatic heterocycles. The van der Waals surface area contributed by atoms with Gasteiger partial charge in [-0.15, -0.1) is 0 Å². The van der Waals surface area contributed by atoms with Crippen LogP contribution >= 0.6 is 15.9 Å². The van der Waals surface area contributed by atoms with Crippen LogP contribution in [0.3, 0.4) is 0 Å². The lowest BCUT2D eigenvalue weighted by Crippen LogP contribution is -2.28. The van der Waals surface area contributed by atoms with Crippen molar-refractivity contribution in [3.8, 4) is 0 Å². The fraction of sp³-hybridized carbons (Fsp3) is 0.231. The number of aromatic nitrogens is 3. The molecule has 0 aliphatic carbocycles. The minimum absolute atomic E-state index is 0.224.